The molecule has 0 spiro atoms. The fourth-order valence-electron chi connectivity index (χ4n) is 5.38. The zero-order valence-corrected chi connectivity index (χ0v) is 18.3. The number of rotatable bonds is 3. The summed E-state index contributed by atoms with van der Waals surface area (Å²) in [7, 11) is 1.48. The molecule has 33 heavy (non-hydrogen) atoms. The second kappa shape index (κ2) is 7.56. The minimum absolute atomic E-state index is 0.107. The maximum atomic E-state index is 13.1. The molecule has 5 atom stereocenters. The van der Waals surface area contributed by atoms with E-state index in [1.165, 1.54) is 19.3 Å². The first-order valence-corrected chi connectivity index (χ1v) is 10.8. The van der Waals surface area contributed by atoms with Gasteiger partial charge in [0.1, 0.15) is 17.5 Å². The van der Waals surface area contributed by atoms with Crippen LogP contribution in [0, 0.1) is 17.2 Å². The minimum Gasteiger partial charge on any atom is -0.476 e. The van der Waals surface area contributed by atoms with Crippen LogP contribution >= 0.6 is 11.6 Å². The summed E-state index contributed by atoms with van der Waals surface area (Å²) in [6.45, 7) is 0. The van der Waals surface area contributed by atoms with Crippen molar-refractivity contribution in [2.24, 2.45) is 5.92 Å². The van der Waals surface area contributed by atoms with E-state index < -0.39 is 35.0 Å². The highest BCUT2D eigenvalue weighted by Crippen LogP contribution is 2.68. The third-order valence-corrected chi connectivity index (χ3v) is 6.94. The zero-order chi connectivity index (χ0) is 23.4. The molecule has 0 unspecified atom stereocenters. The summed E-state index contributed by atoms with van der Waals surface area (Å²) in [4.78, 5) is 17.4. The second-order valence-electron chi connectivity index (χ2n) is 8.27. The van der Waals surface area contributed by atoms with Crippen molar-refractivity contribution in [1.29, 1.82) is 5.26 Å². The van der Waals surface area contributed by atoms with Gasteiger partial charge in [-0.25, -0.2) is 0 Å². The van der Waals surface area contributed by atoms with Crippen molar-refractivity contribution >= 4 is 17.5 Å². The average molecular weight is 462 g/mol. The molecule has 2 aromatic carbocycles. The Hall–Kier alpha value is -3.44. The van der Waals surface area contributed by atoms with Crippen LogP contribution in [0.1, 0.15) is 28.3 Å². The monoisotopic (exact) mass is 461 g/mol. The van der Waals surface area contributed by atoms with Gasteiger partial charge in [-0.3, -0.25) is 9.78 Å². The summed E-state index contributed by atoms with van der Waals surface area (Å²) in [5, 5.41) is 36.1. The van der Waals surface area contributed by atoms with Crippen LogP contribution in [0.4, 0.5) is 0 Å². The van der Waals surface area contributed by atoms with Crippen LogP contribution in [0.3, 0.4) is 0 Å². The molecular formula is C25H20ClN3O4. The number of nitrogens with one attached hydrogen (secondary N) is 1. The molecule has 166 valence electrons. The number of hydrogen-bond donors (Lipinski definition) is 3. The molecule has 5 rings (SSSR count). The largest absolute Gasteiger partial charge is 0.476 e. The highest BCUT2D eigenvalue weighted by Gasteiger charge is 2.78. The van der Waals surface area contributed by atoms with E-state index >= 15 is 0 Å². The van der Waals surface area contributed by atoms with E-state index in [1.54, 1.807) is 24.3 Å². The number of nitrogens with zero attached hydrogens (tertiary/aromatic N) is 2. The van der Waals surface area contributed by atoms with Gasteiger partial charge in [0.05, 0.1) is 22.6 Å². The Morgan fingerprint density at radius 3 is 2.55 bits per heavy atom. The Balaban J connectivity index is 1.86. The molecule has 8 heteroatoms. The number of carbonyl (C=O) groups excluding carboxylic acids is 1. The summed E-state index contributed by atoms with van der Waals surface area (Å²) in [6.07, 6.45) is -0.179. The van der Waals surface area contributed by atoms with Crippen LogP contribution in [-0.4, -0.2) is 34.3 Å². The van der Waals surface area contributed by atoms with Gasteiger partial charge in [-0.1, -0.05) is 54.1 Å². The third-order valence-electron chi connectivity index (χ3n) is 6.73. The number of ether oxygens (including phenoxy) is 1. The molecule has 1 fully saturated rings. The van der Waals surface area contributed by atoms with Crippen molar-refractivity contribution < 1.29 is 19.7 Å². The molecule has 1 aliphatic heterocycles. The Morgan fingerprint density at radius 1 is 1.21 bits per heavy atom. The predicted molar refractivity (Wildman–Crippen MR) is 119 cm³/mol. The van der Waals surface area contributed by atoms with Crippen molar-refractivity contribution in [3.05, 3.63) is 94.3 Å². The molecule has 1 aliphatic carbocycles. The van der Waals surface area contributed by atoms with E-state index in [4.69, 9.17) is 16.3 Å². The molecule has 2 heterocycles. The first-order valence-electron chi connectivity index (χ1n) is 10.4. The number of fused-ring (bicyclic) bond motifs is 3. The van der Waals surface area contributed by atoms with Gasteiger partial charge in [-0.15, -0.1) is 0 Å². The lowest BCUT2D eigenvalue weighted by Gasteiger charge is -2.40. The smallest absolute Gasteiger partial charge is 0.226 e. The third kappa shape index (κ3) is 2.75. The number of nitriles is 1. The maximum Gasteiger partial charge on any atom is 0.226 e. The molecule has 1 amide bonds. The van der Waals surface area contributed by atoms with Crippen molar-refractivity contribution in [1.82, 2.24) is 10.3 Å². The minimum atomic E-state index is -2.07. The van der Waals surface area contributed by atoms with Gasteiger partial charge in [0.2, 0.25) is 5.91 Å². The van der Waals surface area contributed by atoms with Crippen molar-refractivity contribution in [3.8, 4) is 11.8 Å². The molecule has 0 radical (unpaired) electrons. The first kappa shape index (κ1) is 21.4. The van der Waals surface area contributed by atoms with E-state index in [2.05, 4.69) is 16.4 Å². The van der Waals surface area contributed by atoms with Crippen LogP contribution in [0.2, 0.25) is 5.02 Å². The number of amides is 1. The predicted octanol–water partition coefficient (Wildman–Crippen LogP) is 2.60. The average Bonchev–Trinajstić information content (AvgIpc) is 3.21. The number of pyridine rings is 1. The Bertz CT molecular complexity index is 1280. The van der Waals surface area contributed by atoms with Crippen molar-refractivity contribution in [2.75, 3.05) is 7.05 Å². The van der Waals surface area contributed by atoms with Gasteiger partial charge in [0, 0.05) is 25.2 Å². The molecule has 3 aromatic rings. The lowest BCUT2D eigenvalue weighted by molar-refractivity contribution is -0.155. The summed E-state index contributed by atoms with van der Waals surface area (Å²) >= 11 is 6.16. The van der Waals surface area contributed by atoms with Gasteiger partial charge in [0.15, 0.2) is 11.2 Å². The van der Waals surface area contributed by atoms with E-state index in [0.29, 0.717) is 21.7 Å². The molecule has 0 bridgehead atoms. The molecule has 2 aliphatic rings. The highest BCUT2D eigenvalue weighted by atomic mass is 35.5. The number of aliphatic hydroxyl groups excluding tert-OH is 1. The molecular weight excluding hydrogens is 442 g/mol. The van der Waals surface area contributed by atoms with E-state index in [9.17, 15) is 20.3 Å². The zero-order valence-electron chi connectivity index (χ0n) is 17.6. The lowest BCUT2D eigenvalue weighted by atomic mass is 9.71. The topological polar surface area (TPSA) is 115 Å². The summed E-state index contributed by atoms with van der Waals surface area (Å²) in [5.41, 5.74) is -1.96. The SMILES string of the molecule is CNC(=O)[C@H]1[C@@H](O)[C@@]2(O)c3ncc(Cl)cc3O[C@@]2(c2ccc(C#N)cc2)[C@@H]1c1ccccc1. The van der Waals surface area contributed by atoms with E-state index in [0.717, 1.165) is 0 Å². The van der Waals surface area contributed by atoms with Gasteiger partial charge in [-0.2, -0.15) is 5.26 Å². The maximum absolute atomic E-state index is 13.1. The summed E-state index contributed by atoms with van der Waals surface area (Å²) in [5.74, 6) is -2.06. The van der Waals surface area contributed by atoms with Crippen molar-refractivity contribution in [3.63, 3.8) is 0 Å². The van der Waals surface area contributed by atoms with Crippen molar-refractivity contribution in [2.45, 2.75) is 23.2 Å². The summed E-state index contributed by atoms with van der Waals surface area (Å²) < 4.78 is 6.50. The molecule has 0 saturated heterocycles. The molecule has 7 nitrogen and oxygen atoms in total. The number of aliphatic hydroxyl groups is 2. The number of benzene rings is 2. The quantitative estimate of drug-likeness (QED) is 0.552. The van der Waals surface area contributed by atoms with Gasteiger partial charge < -0.3 is 20.3 Å². The Kier molecular flexibility index (Phi) is 4.91. The molecule has 1 aromatic heterocycles. The van der Waals surface area contributed by atoms with Gasteiger partial charge >= 0.3 is 0 Å². The molecule has 1 saturated carbocycles. The standard InChI is InChI=1S/C25H20ClN3O4/c1-28-23(31)19-20(15-5-3-2-4-6-15)25(16-9-7-14(12-27)8-10-16)24(32,22(19)30)21-18(33-25)11-17(26)13-29-21/h2-11,13,19-20,22,30,32H,1H3,(H,28,31)/t19-,20-,22-,24+,25+/m1/s1. The number of hydrogen-bond acceptors (Lipinski definition) is 6. The Labute approximate surface area is 195 Å². The number of aromatic nitrogens is 1. The lowest BCUT2D eigenvalue weighted by Crippen LogP contribution is -2.52. The van der Waals surface area contributed by atoms with Crippen LogP contribution in [-0.2, 0) is 16.0 Å². The van der Waals surface area contributed by atoms with E-state index in [-0.39, 0.29) is 11.4 Å². The normalized spacial score (nSPS) is 29.5. The highest BCUT2D eigenvalue weighted by molar-refractivity contribution is 6.30. The number of halogens is 1. The van der Waals surface area contributed by atoms with Gasteiger partial charge in [-0.05, 0) is 23.3 Å². The van der Waals surface area contributed by atoms with Crippen LogP contribution in [0.5, 0.6) is 5.75 Å². The fourth-order valence-corrected chi connectivity index (χ4v) is 5.53. The fraction of sp³-hybridized carbons (Fsp3) is 0.240. The second-order valence-corrected chi connectivity index (χ2v) is 8.70. The van der Waals surface area contributed by atoms with Crippen LogP contribution in [0.25, 0.3) is 0 Å². The van der Waals surface area contributed by atoms with Gasteiger partial charge in [0.25, 0.3) is 0 Å². The number of carbonyl (C=O) groups is 1. The first-order chi connectivity index (χ1) is 15.9. The van der Waals surface area contributed by atoms with Crippen LogP contribution < -0.4 is 10.1 Å². The summed E-state index contributed by atoms with van der Waals surface area (Å²) in [6, 6.07) is 19.3. The van der Waals surface area contributed by atoms with E-state index in [1.807, 2.05) is 30.3 Å². The van der Waals surface area contributed by atoms with Crippen LogP contribution in [0.15, 0.2) is 66.9 Å². The molecule has 3 N–H and O–H groups in total. The Morgan fingerprint density at radius 2 is 1.91 bits per heavy atom.